The number of phosphoric acid groups is 1. The van der Waals surface area contributed by atoms with Crippen LogP contribution < -0.4 is 0 Å². The number of hydrogen-bond acceptors (Lipinski definition) is 13. The van der Waals surface area contributed by atoms with Gasteiger partial charge in [0.15, 0.2) is 6.10 Å². The standard InChI is InChI=1S/C47H77O14P/c1-3-5-6-7-8-9-10-11-12-15-18-21-24-27-30-34-40(49)58-36-39(37-59-62(56,57)61-47-45(54)43(52)42(51)44(53)46(47)55)60-41(50)35-31-28-25-22-19-16-13-14-17-20-23-26-29-33-38(48)32-4-2/h8-9,11-13,16-18,20-22,25-26,29,38-39,42-48,51-55H,3-7,10,14-15,19,23-24,27-28,30-37H2,1-2H3,(H,56,57)/b9-8-,12-11-,16-13-,20-17-,21-18-,25-22-,29-26-/t38?,39-,42?,43-,44+,45-,46-,47?/m1/s1. The molecule has 14 nitrogen and oxygen atoms in total. The Labute approximate surface area is 370 Å². The van der Waals surface area contributed by atoms with E-state index in [1.807, 2.05) is 30.4 Å². The molecule has 1 fully saturated rings. The highest BCUT2D eigenvalue weighted by Gasteiger charge is 2.51. The highest BCUT2D eigenvalue weighted by atomic mass is 31.2. The summed E-state index contributed by atoms with van der Waals surface area (Å²) in [7, 11) is -5.15. The van der Waals surface area contributed by atoms with Gasteiger partial charge in [0.2, 0.25) is 0 Å². The summed E-state index contributed by atoms with van der Waals surface area (Å²) in [5.41, 5.74) is 0. The highest BCUT2D eigenvalue weighted by molar-refractivity contribution is 7.47. The van der Waals surface area contributed by atoms with Crippen LogP contribution in [0.15, 0.2) is 85.1 Å². The summed E-state index contributed by atoms with van der Waals surface area (Å²) >= 11 is 0. The minimum absolute atomic E-state index is 0.00718. The maximum absolute atomic E-state index is 12.8. The summed E-state index contributed by atoms with van der Waals surface area (Å²) in [6, 6.07) is 0. The van der Waals surface area contributed by atoms with Crippen LogP contribution in [0.1, 0.15) is 136 Å². The lowest BCUT2D eigenvalue weighted by Gasteiger charge is -2.41. The molecule has 0 radical (unpaired) electrons. The van der Waals surface area contributed by atoms with Gasteiger partial charge < -0.3 is 45.0 Å². The Morgan fingerprint density at radius 3 is 1.53 bits per heavy atom. The monoisotopic (exact) mass is 897 g/mol. The van der Waals surface area contributed by atoms with Gasteiger partial charge in [-0.05, 0) is 89.9 Å². The summed E-state index contributed by atoms with van der Waals surface area (Å²) < 4.78 is 33.4. The Kier molecular flexibility index (Phi) is 33.4. The number of aliphatic hydroxyl groups excluding tert-OH is 6. The Balaban J connectivity index is 2.57. The third kappa shape index (κ3) is 28.6. The number of rotatable bonds is 35. The summed E-state index contributed by atoms with van der Waals surface area (Å²) in [6.07, 6.45) is 29.9. The van der Waals surface area contributed by atoms with Gasteiger partial charge in [-0.15, -0.1) is 0 Å². The normalized spacial score (nSPS) is 23.2. The molecule has 1 aliphatic carbocycles. The first kappa shape index (κ1) is 57.0. The van der Waals surface area contributed by atoms with Gasteiger partial charge >= 0.3 is 19.8 Å². The lowest BCUT2D eigenvalue weighted by Crippen LogP contribution is -2.64. The van der Waals surface area contributed by atoms with E-state index in [9.17, 15) is 49.7 Å². The van der Waals surface area contributed by atoms with Gasteiger partial charge in [0.05, 0.1) is 12.7 Å². The molecule has 0 saturated heterocycles. The van der Waals surface area contributed by atoms with Crippen LogP contribution in [0.4, 0.5) is 0 Å². The fourth-order valence-corrected chi connectivity index (χ4v) is 7.10. The molecule has 1 saturated carbocycles. The van der Waals surface area contributed by atoms with Crippen molar-refractivity contribution in [2.45, 2.75) is 185 Å². The fraction of sp³-hybridized carbons (Fsp3) is 0.660. The Morgan fingerprint density at radius 2 is 1.02 bits per heavy atom. The number of phosphoric ester groups is 1. The zero-order valence-corrected chi connectivity index (χ0v) is 37.9. The Morgan fingerprint density at radius 1 is 0.565 bits per heavy atom. The van der Waals surface area contributed by atoms with Crippen molar-refractivity contribution in [3.8, 4) is 0 Å². The van der Waals surface area contributed by atoms with Crippen LogP contribution in [-0.4, -0.2) is 110 Å². The van der Waals surface area contributed by atoms with Crippen molar-refractivity contribution in [1.82, 2.24) is 0 Å². The minimum atomic E-state index is -5.15. The zero-order valence-electron chi connectivity index (χ0n) is 37.0. The number of hydrogen-bond donors (Lipinski definition) is 7. The molecule has 7 N–H and O–H groups in total. The molecule has 1 rings (SSSR count). The third-order valence-electron chi connectivity index (χ3n) is 9.76. The van der Waals surface area contributed by atoms with E-state index in [0.29, 0.717) is 25.7 Å². The molecule has 1 aliphatic rings. The molecule has 0 spiro atoms. The summed E-state index contributed by atoms with van der Waals surface area (Å²) in [4.78, 5) is 35.6. The van der Waals surface area contributed by atoms with Crippen LogP contribution in [0.3, 0.4) is 0 Å². The highest BCUT2D eigenvalue weighted by Crippen LogP contribution is 2.47. The van der Waals surface area contributed by atoms with E-state index < -0.39 is 75.7 Å². The van der Waals surface area contributed by atoms with E-state index in [1.54, 1.807) is 0 Å². The molecule has 4 unspecified atom stereocenters. The Hall–Kier alpha value is -3.01. The second-order valence-electron chi connectivity index (χ2n) is 15.4. The van der Waals surface area contributed by atoms with Gasteiger partial charge in [-0.1, -0.05) is 118 Å². The van der Waals surface area contributed by atoms with E-state index in [1.165, 1.54) is 19.3 Å². The first-order valence-electron chi connectivity index (χ1n) is 22.5. The molecule has 0 amide bonds. The zero-order chi connectivity index (χ0) is 45.9. The van der Waals surface area contributed by atoms with Crippen LogP contribution in [0.5, 0.6) is 0 Å². The lowest BCUT2D eigenvalue weighted by molar-refractivity contribution is -0.220. The number of aliphatic hydroxyl groups is 6. The van der Waals surface area contributed by atoms with Gasteiger partial charge in [0.1, 0.15) is 43.2 Å². The second-order valence-corrected chi connectivity index (χ2v) is 16.8. The van der Waals surface area contributed by atoms with Crippen molar-refractivity contribution in [1.29, 1.82) is 0 Å². The quantitative estimate of drug-likeness (QED) is 0.0142. The molecule has 0 aliphatic heterocycles. The Bertz CT molecular complexity index is 1420. The largest absolute Gasteiger partial charge is 0.472 e. The van der Waals surface area contributed by atoms with E-state index in [4.69, 9.17) is 18.5 Å². The first-order valence-corrected chi connectivity index (χ1v) is 24.0. The van der Waals surface area contributed by atoms with E-state index in [0.717, 1.165) is 64.2 Å². The van der Waals surface area contributed by atoms with E-state index in [2.05, 4.69) is 68.5 Å². The van der Waals surface area contributed by atoms with Crippen LogP contribution in [0.25, 0.3) is 0 Å². The molecule has 0 aromatic rings. The van der Waals surface area contributed by atoms with Crippen molar-refractivity contribution in [2.24, 2.45) is 0 Å². The van der Waals surface area contributed by atoms with Crippen LogP contribution >= 0.6 is 7.82 Å². The van der Waals surface area contributed by atoms with Crippen molar-refractivity contribution < 1.29 is 68.2 Å². The average Bonchev–Trinajstić information content (AvgIpc) is 3.24. The molecular formula is C47H77O14P. The van der Waals surface area contributed by atoms with Gasteiger partial charge in [-0.3, -0.25) is 18.6 Å². The summed E-state index contributed by atoms with van der Waals surface area (Å²) in [5.74, 6) is -1.24. The van der Waals surface area contributed by atoms with E-state index in [-0.39, 0.29) is 18.9 Å². The molecule has 0 heterocycles. The maximum Gasteiger partial charge on any atom is 0.472 e. The number of unbranched alkanes of at least 4 members (excludes halogenated alkanes) is 6. The van der Waals surface area contributed by atoms with Gasteiger partial charge in [-0.2, -0.15) is 0 Å². The molecular weight excluding hydrogens is 819 g/mol. The van der Waals surface area contributed by atoms with Crippen LogP contribution in [-0.2, 0) is 32.7 Å². The number of allylic oxidation sites excluding steroid dienone is 13. The SMILES string of the molecule is CCCCC/C=C\C/C=C\C/C=C\CCCCC(=O)OC[C@H](COP(=O)(O)OC1[C@H](O)[C@H](O)C(O)[C@H](O)[C@H]1O)OC(=O)CCC/C=C\C/C=C\C/C=C\C/C=C\CC(O)CCC. The molecule has 15 heteroatoms. The molecule has 9 atom stereocenters. The summed E-state index contributed by atoms with van der Waals surface area (Å²) in [6.45, 7) is 2.97. The molecule has 0 aromatic heterocycles. The summed E-state index contributed by atoms with van der Waals surface area (Å²) in [5, 5.41) is 59.8. The number of carbonyl (C=O) groups is 2. The first-order chi connectivity index (χ1) is 29.8. The minimum Gasteiger partial charge on any atom is -0.462 e. The van der Waals surface area contributed by atoms with Crippen molar-refractivity contribution in [3.63, 3.8) is 0 Å². The molecule has 0 aromatic carbocycles. The number of esters is 2. The predicted octanol–water partition coefficient (Wildman–Crippen LogP) is 7.47. The predicted molar refractivity (Wildman–Crippen MR) is 241 cm³/mol. The fourth-order valence-electron chi connectivity index (χ4n) is 6.12. The van der Waals surface area contributed by atoms with Crippen LogP contribution in [0, 0.1) is 0 Å². The maximum atomic E-state index is 12.8. The van der Waals surface area contributed by atoms with Crippen molar-refractivity contribution in [2.75, 3.05) is 13.2 Å². The van der Waals surface area contributed by atoms with Crippen molar-refractivity contribution >= 4 is 19.8 Å². The van der Waals surface area contributed by atoms with Gasteiger partial charge in [-0.25, -0.2) is 4.57 Å². The van der Waals surface area contributed by atoms with Crippen LogP contribution in [0.2, 0.25) is 0 Å². The third-order valence-corrected chi connectivity index (χ3v) is 10.8. The molecule has 354 valence electrons. The topological polar surface area (TPSA) is 230 Å². The smallest absolute Gasteiger partial charge is 0.462 e. The lowest BCUT2D eigenvalue weighted by atomic mass is 9.85. The number of carbonyl (C=O) groups excluding carboxylic acids is 2. The molecule has 0 bridgehead atoms. The number of ether oxygens (including phenoxy) is 2. The van der Waals surface area contributed by atoms with E-state index >= 15 is 0 Å². The van der Waals surface area contributed by atoms with Crippen molar-refractivity contribution in [3.05, 3.63) is 85.1 Å². The second kappa shape index (κ2) is 36.3. The molecule has 62 heavy (non-hydrogen) atoms. The average molecular weight is 897 g/mol. The van der Waals surface area contributed by atoms with Gasteiger partial charge in [0, 0.05) is 12.8 Å². The van der Waals surface area contributed by atoms with Gasteiger partial charge in [0.25, 0.3) is 0 Å².